The molecule has 3 N–H and O–H groups in total. The number of nitrogens with one attached hydrogen (secondary N) is 2. The molecular formula is C26H29ClN4O5S2. The molecule has 12 heteroatoms. The second-order valence-electron chi connectivity index (χ2n) is 9.12. The van der Waals surface area contributed by atoms with Gasteiger partial charge in [-0.25, -0.2) is 8.42 Å². The van der Waals surface area contributed by atoms with Gasteiger partial charge in [-0.15, -0.1) is 11.3 Å². The lowest BCUT2D eigenvalue weighted by molar-refractivity contribution is -0.00674. The Kier molecular flexibility index (Phi) is 8.22. The number of sulfonamides is 1. The molecule has 2 aromatic heterocycles. The lowest BCUT2D eigenvalue weighted by atomic mass is 9.98. The molecule has 9 nitrogen and oxygen atoms in total. The highest BCUT2D eigenvalue weighted by molar-refractivity contribution is 7.94. The largest absolute Gasteiger partial charge is 0.496 e. The summed E-state index contributed by atoms with van der Waals surface area (Å²) in [6.45, 7) is 2.29. The second kappa shape index (κ2) is 11.6. The topological polar surface area (TPSA) is 115 Å². The van der Waals surface area contributed by atoms with Crippen LogP contribution in [0.4, 0.5) is 5.82 Å². The maximum atomic E-state index is 13.0. The molecule has 202 valence electrons. The molecule has 0 bridgehead atoms. The number of rotatable bonds is 10. The zero-order chi connectivity index (χ0) is 26.7. The summed E-state index contributed by atoms with van der Waals surface area (Å²) in [5, 5.41) is 19.0. The van der Waals surface area contributed by atoms with Crippen LogP contribution in [0.5, 0.6) is 5.75 Å². The van der Waals surface area contributed by atoms with E-state index in [9.17, 15) is 13.5 Å². The number of hydrogen-bond acceptors (Lipinski definition) is 8. The molecule has 2 aromatic carbocycles. The number of anilines is 1. The van der Waals surface area contributed by atoms with Crippen LogP contribution in [0.3, 0.4) is 0 Å². The Morgan fingerprint density at radius 1 is 1.18 bits per heavy atom. The van der Waals surface area contributed by atoms with E-state index in [2.05, 4.69) is 21.2 Å². The van der Waals surface area contributed by atoms with Crippen molar-refractivity contribution in [3.05, 3.63) is 70.1 Å². The van der Waals surface area contributed by atoms with Crippen LogP contribution < -0.4 is 14.8 Å². The first-order chi connectivity index (χ1) is 18.3. The van der Waals surface area contributed by atoms with E-state index >= 15 is 0 Å². The number of fused-ring (bicyclic) bond motifs is 1. The minimum atomic E-state index is -3.89. The van der Waals surface area contributed by atoms with E-state index in [0.29, 0.717) is 41.8 Å². The molecule has 1 unspecified atom stereocenters. The van der Waals surface area contributed by atoms with Crippen LogP contribution in [0.2, 0.25) is 4.34 Å². The molecule has 5 rings (SSSR count). The van der Waals surface area contributed by atoms with E-state index in [1.54, 1.807) is 16.8 Å². The molecule has 4 aromatic rings. The number of aromatic nitrogens is 2. The first-order valence-electron chi connectivity index (χ1n) is 12.2. The minimum absolute atomic E-state index is 0.100. The summed E-state index contributed by atoms with van der Waals surface area (Å²) in [7, 11) is -2.35. The van der Waals surface area contributed by atoms with Crippen molar-refractivity contribution in [2.45, 2.75) is 36.4 Å². The van der Waals surface area contributed by atoms with Gasteiger partial charge in [0.1, 0.15) is 16.2 Å². The molecule has 0 amide bonds. The number of methoxy groups -OCH3 is 1. The van der Waals surface area contributed by atoms with Gasteiger partial charge in [-0.1, -0.05) is 41.9 Å². The zero-order valence-corrected chi connectivity index (χ0v) is 23.2. The Bertz CT molecular complexity index is 1520. The van der Waals surface area contributed by atoms with E-state index in [4.69, 9.17) is 21.1 Å². The quantitative estimate of drug-likeness (QED) is 0.239. The molecule has 1 aliphatic rings. The van der Waals surface area contributed by atoms with Crippen LogP contribution in [-0.2, 0) is 27.8 Å². The molecule has 1 fully saturated rings. The van der Waals surface area contributed by atoms with Crippen LogP contribution >= 0.6 is 22.9 Å². The number of benzene rings is 2. The predicted molar refractivity (Wildman–Crippen MR) is 148 cm³/mol. The lowest BCUT2D eigenvalue weighted by Crippen LogP contribution is -2.38. The van der Waals surface area contributed by atoms with Gasteiger partial charge < -0.3 is 14.6 Å². The Labute approximate surface area is 230 Å². The normalized spacial score (nSPS) is 15.6. The van der Waals surface area contributed by atoms with Gasteiger partial charge >= 0.3 is 0 Å². The average Bonchev–Trinajstić information content (AvgIpc) is 3.52. The fourth-order valence-electron chi connectivity index (χ4n) is 4.61. The van der Waals surface area contributed by atoms with Crippen molar-refractivity contribution in [1.29, 1.82) is 0 Å². The van der Waals surface area contributed by atoms with Crippen LogP contribution in [0, 0.1) is 5.92 Å². The summed E-state index contributed by atoms with van der Waals surface area (Å²) in [4.78, 5) is 0. The van der Waals surface area contributed by atoms with Gasteiger partial charge in [0.05, 0.1) is 28.9 Å². The smallest absolute Gasteiger partial charge is 0.272 e. The third-order valence-corrected chi connectivity index (χ3v) is 9.62. The molecule has 0 saturated carbocycles. The summed E-state index contributed by atoms with van der Waals surface area (Å²) >= 11 is 6.94. The van der Waals surface area contributed by atoms with E-state index in [0.717, 1.165) is 40.8 Å². The van der Waals surface area contributed by atoms with Crippen molar-refractivity contribution in [1.82, 2.24) is 15.1 Å². The summed E-state index contributed by atoms with van der Waals surface area (Å²) in [5.74, 6) is 0.875. The first kappa shape index (κ1) is 26.9. The van der Waals surface area contributed by atoms with E-state index < -0.39 is 16.3 Å². The Morgan fingerprint density at radius 2 is 1.95 bits per heavy atom. The number of aliphatic hydroxyl groups excluding tert-OH is 1. The maximum absolute atomic E-state index is 13.0. The zero-order valence-electron chi connectivity index (χ0n) is 20.8. The fraction of sp³-hybridized carbons (Fsp3) is 0.346. The molecule has 0 aliphatic carbocycles. The summed E-state index contributed by atoms with van der Waals surface area (Å²) < 4.78 is 41.8. The number of aliphatic hydroxyl groups is 1. The Morgan fingerprint density at radius 3 is 2.68 bits per heavy atom. The monoisotopic (exact) mass is 576 g/mol. The van der Waals surface area contributed by atoms with Crippen LogP contribution in [0.25, 0.3) is 10.9 Å². The van der Waals surface area contributed by atoms with Crippen LogP contribution in [0.1, 0.15) is 24.0 Å². The molecule has 38 heavy (non-hydrogen) atoms. The van der Waals surface area contributed by atoms with Gasteiger partial charge in [-0.3, -0.25) is 14.7 Å². The van der Waals surface area contributed by atoms with Gasteiger partial charge in [0.15, 0.2) is 5.82 Å². The van der Waals surface area contributed by atoms with Gasteiger partial charge in [0.25, 0.3) is 10.0 Å². The SMILES string of the molecule is COc1cccc2c1c(NS(=O)(=O)c1ccc(Cl)s1)nn2Cc1cccc(CNC(O)C2CCOCC2)c1. The summed E-state index contributed by atoms with van der Waals surface area (Å²) in [6, 6.07) is 16.5. The number of ether oxygens (including phenoxy) is 2. The maximum Gasteiger partial charge on any atom is 0.272 e. The van der Waals surface area contributed by atoms with E-state index in [1.165, 1.54) is 13.2 Å². The third-order valence-electron chi connectivity index (χ3n) is 6.56. The predicted octanol–water partition coefficient (Wildman–Crippen LogP) is 4.44. The van der Waals surface area contributed by atoms with Crippen molar-refractivity contribution in [3.63, 3.8) is 0 Å². The number of nitrogens with zero attached hydrogens (tertiary/aromatic N) is 2. The summed E-state index contributed by atoms with van der Waals surface area (Å²) in [5.41, 5.74) is 2.74. The van der Waals surface area contributed by atoms with Crippen molar-refractivity contribution in [2.24, 2.45) is 5.92 Å². The number of halogens is 1. The van der Waals surface area contributed by atoms with E-state index in [-0.39, 0.29) is 15.9 Å². The molecule has 0 radical (unpaired) electrons. The van der Waals surface area contributed by atoms with Crippen molar-refractivity contribution in [2.75, 3.05) is 25.0 Å². The van der Waals surface area contributed by atoms with Crippen molar-refractivity contribution in [3.8, 4) is 5.75 Å². The van der Waals surface area contributed by atoms with Crippen LogP contribution in [0.15, 0.2) is 58.8 Å². The highest BCUT2D eigenvalue weighted by atomic mass is 35.5. The standard InChI is InChI=1S/C26H29ClN4O5S2/c1-35-21-7-3-6-20-24(21)25(30-38(33,34)23-9-8-22(27)37-23)29-31(20)16-18-5-2-4-17(14-18)15-28-26(32)19-10-12-36-13-11-19/h2-9,14,19,26,28,32H,10-13,15-16H2,1H3,(H,29,30). The van der Waals surface area contributed by atoms with Gasteiger partial charge in [-0.2, -0.15) is 5.10 Å². The lowest BCUT2D eigenvalue weighted by Gasteiger charge is -2.27. The number of thiophene rings is 1. The van der Waals surface area contributed by atoms with Crippen LogP contribution in [-0.4, -0.2) is 49.9 Å². The van der Waals surface area contributed by atoms with Crippen molar-refractivity contribution < 1.29 is 23.0 Å². The van der Waals surface area contributed by atoms with Gasteiger partial charge in [-0.05, 0) is 48.2 Å². The molecule has 3 heterocycles. The highest BCUT2D eigenvalue weighted by Crippen LogP contribution is 2.35. The summed E-state index contributed by atoms with van der Waals surface area (Å²) in [6.07, 6.45) is 1.10. The molecule has 1 atom stereocenters. The fourth-order valence-corrected chi connectivity index (χ4v) is 7.10. The molecule has 1 aliphatic heterocycles. The molecular weight excluding hydrogens is 548 g/mol. The van der Waals surface area contributed by atoms with Gasteiger partial charge in [0.2, 0.25) is 0 Å². The minimum Gasteiger partial charge on any atom is -0.496 e. The Balaban J connectivity index is 1.38. The first-order valence-corrected chi connectivity index (χ1v) is 14.9. The van der Waals surface area contributed by atoms with Crippen molar-refractivity contribution >= 4 is 49.7 Å². The molecule has 1 saturated heterocycles. The number of hydrogen-bond donors (Lipinski definition) is 3. The third kappa shape index (κ3) is 5.98. The van der Waals surface area contributed by atoms with Gasteiger partial charge in [0, 0.05) is 25.7 Å². The Hall–Kier alpha value is -2.67. The average molecular weight is 577 g/mol. The molecule has 0 spiro atoms. The second-order valence-corrected chi connectivity index (χ2v) is 12.7. The highest BCUT2D eigenvalue weighted by Gasteiger charge is 2.24. The van der Waals surface area contributed by atoms with E-state index in [1.807, 2.05) is 30.3 Å².